The Labute approximate surface area is 387 Å². The van der Waals surface area contributed by atoms with Crippen molar-refractivity contribution in [1.82, 2.24) is 14.5 Å². The summed E-state index contributed by atoms with van der Waals surface area (Å²) in [6.45, 7) is 2.29. The van der Waals surface area contributed by atoms with Crippen molar-refractivity contribution in [3.05, 3.63) is 234 Å². The van der Waals surface area contributed by atoms with Crippen LogP contribution in [0.2, 0.25) is 0 Å². The molecule has 0 fully saturated rings. The van der Waals surface area contributed by atoms with Crippen LogP contribution in [0, 0.1) is 5.92 Å². The maximum Gasteiger partial charge on any atom is 0.159 e. The first-order valence-electron chi connectivity index (χ1n) is 23.3. The highest BCUT2D eigenvalue weighted by atomic mass is 15.2. The van der Waals surface area contributed by atoms with Gasteiger partial charge in [0.2, 0.25) is 0 Å². The van der Waals surface area contributed by atoms with Crippen molar-refractivity contribution >= 4 is 93.7 Å². The fourth-order valence-electron chi connectivity index (χ4n) is 11.2. The van der Waals surface area contributed by atoms with Gasteiger partial charge in [-0.1, -0.05) is 165 Å². The maximum absolute atomic E-state index is 5.44. The molecule has 1 aliphatic carbocycles. The van der Waals surface area contributed by atoms with Crippen molar-refractivity contribution in [2.75, 3.05) is 0 Å². The molecule has 0 saturated carbocycles. The van der Waals surface area contributed by atoms with E-state index in [1.807, 2.05) is 6.07 Å². The molecule has 3 heterocycles. The van der Waals surface area contributed by atoms with E-state index in [0.717, 1.165) is 51.4 Å². The number of nitrogens with one attached hydrogen (secondary N) is 1. The van der Waals surface area contributed by atoms with Gasteiger partial charge in [-0.3, -0.25) is 0 Å². The van der Waals surface area contributed by atoms with Crippen LogP contribution >= 0.6 is 0 Å². The molecular formula is C62H43N5. The van der Waals surface area contributed by atoms with Crippen LogP contribution in [0.1, 0.15) is 40.9 Å². The van der Waals surface area contributed by atoms with Crippen LogP contribution in [0.25, 0.3) is 93.4 Å². The molecule has 316 valence electrons. The van der Waals surface area contributed by atoms with Crippen molar-refractivity contribution in [1.29, 1.82) is 0 Å². The number of para-hydroxylation sites is 3. The van der Waals surface area contributed by atoms with E-state index < -0.39 is 6.17 Å². The summed E-state index contributed by atoms with van der Waals surface area (Å²) in [5.74, 6) is 2.01. The Morgan fingerprint density at radius 1 is 0.507 bits per heavy atom. The largest absolute Gasteiger partial charge is 0.344 e. The third-order valence-corrected chi connectivity index (χ3v) is 14.2. The van der Waals surface area contributed by atoms with E-state index in [2.05, 4.69) is 228 Å². The zero-order valence-electron chi connectivity index (χ0n) is 36.9. The van der Waals surface area contributed by atoms with Gasteiger partial charge < -0.3 is 14.5 Å². The van der Waals surface area contributed by atoms with Gasteiger partial charge in [0.15, 0.2) is 5.84 Å². The predicted molar refractivity (Wildman–Crippen MR) is 281 cm³/mol. The van der Waals surface area contributed by atoms with Crippen LogP contribution in [0.3, 0.4) is 0 Å². The third kappa shape index (κ3) is 5.87. The smallest absolute Gasteiger partial charge is 0.159 e. The lowest BCUT2D eigenvalue weighted by molar-refractivity contribution is 0.670. The van der Waals surface area contributed by atoms with Crippen LogP contribution < -0.4 is 5.32 Å². The van der Waals surface area contributed by atoms with Gasteiger partial charge in [0.1, 0.15) is 12.0 Å². The van der Waals surface area contributed by atoms with Crippen molar-refractivity contribution in [2.45, 2.75) is 19.5 Å². The van der Waals surface area contributed by atoms with Crippen LogP contribution in [0.5, 0.6) is 0 Å². The molecule has 0 spiro atoms. The minimum Gasteiger partial charge on any atom is -0.344 e. The molecular weight excluding hydrogens is 815 g/mol. The second kappa shape index (κ2) is 14.7. The Balaban J connectivity index is 0.939. The number of allylic oxidation sites excluding steroid dienone is 1. The highest BCUT2D eigenvalue weighted by Gasteiger charge is 2.27. The molecule has 67 heavy (non-hydrogen) atoms. The molecule has 2 unspecified atom stereocenters. The van der Waals surface area contributed by atoms with Gasteiger partial charge >= 0.3 is 0 Å². The van der Waals surface area contributed by atoms with Gasteiger partial charge in [0, 0.05) is 43.9 Å². The van der Waals surface area contributed by atoms with Crippen molar-refractivity contribution < 1.29 is 0 Å². The number of hydrogen-bond acceptors (Lipinski definition) is 3. The molecule has 2 atom stereocenters. The lowest BCUT2D eigenvalue weighted by atomic mass is 9.85. The van der Waals surface area contributed by atoms with Gasteiger partial charge in [-0.25, -0.2) is 9.98 Å². The first-order chi connectivity index (χ1) is 33.1. The third-order valence-electron chi connectivity index (χ3n) is 14.2. The van der Waals surface area contributed by atoms with Crippen LogP contribution in [0.15, 0.2) is 216 Å². The van der Waals surface area contributed by atoms with Crippen molar-refractivity contribution in [3.63, 3.8) is 0 Å². The zero-order chi connectivity index (χ0) is 44.2. The Bertz CT molecular complexity index is 4130. The molecule has 0 saturated heterocycles. The SMILES string of the molecule is CC1C=Cc2c(cc(C3=NC(c4ccccc4)=NC(c4ccccc4-n4c5ccccc5c5cc6cc(-n7c8ccccc8c8c9ccccc9ccc87)ccc6cc54)N3)c3ccccc23)C1. The van der Waals surface area contributed by atoms with E-state index in [4.69, 9.17) is 9.98 Å². The summed E-state index contributed by atoms with van der Waals surface area (Å²) in [6, 6.07) is 72.9. The molecule has 5 heteroatoms. The molecule has 1 N–H and O–H groups in total. The molecule has 2 aromatic heterocycles. The summed E-state index contributed by atoms with van der Waals surface area (Å²) in [6.07, 6.45) is 5.21. The van der Waals surface area contributed by atoms with Gasteiger partial charge in [-0.2, -0.15) is 0 Å². The van der Waals surface area contributed by atoms with Crippen molar-refractivity contribution in [3.8, 4) is 11.4 Å². The number of aromatic nitrogens is 2. The normalized spacial score (nSPS) is 16.0. The first kappa shape index (κ1) is 37.8. The lowest BCUT2D eigenvalue weighted by Gasteiger charge is -2.27. The minimum atomic E-state index is -0.421. The number of rotatable bonds is 5. The summed E-state index contributed by atoms with van der Waals surface area (Å²) in [5, 5.41) is 16.2. The average molecular weight is 858 g/mol. The topological polar surface area (TPSA) is 46.6 Å². The summed E-state index contributed by atoms with van der Waals surface area (Å²) in [5.41, 5.74) is 12.7. The Morgan fingerprint density at radius 2 is 1.21 bits per heavy atom. The molecule has 0 amide bonds. The van der Waals surface area contributed by atoms with E-state index in [1.165, 1.54) is 76.0 Å². The number of nitrogens with zero attached hydrogens (tertiary/aromatic N) is 4. The summed E-state index contributed by atoms with van der Waals surface area (Å²) in [4.78, 5) is 10.8. The molecule has 10 aromatic carbocycles. The first-order valence-corrected chi connectivity index (χ1v) is 23.3. The van der Waals surface area contributed by atoms with E-state index in [9.17, 15) is 0 Å². The highest BCUT2D eigenvalue weighted by molar-refractivity contribution is 6.22. The van der Waals surface area contributed by atoms with Crippen LogP contribution in [-0.2, 0) is 6.42 Å². The van der Waals surface area contributed by atoms with Crippen LogP contribution in [-0.4, -0.2) is 20.8 Å². The highest BCUT2D eigenvalue weighted by Crippen LogP contribution is 2.41. The maximum atomic E-state index is 5.44. The Morgan fingerprint density at radius 3 is 2.07 bits per heavy atom. The Kier molecular flexibility index (Phi) is 8.32. The van der Waals surface area contributed by atoms with E-state index in [0.29, 0.717) is 11.8 Å². The number of fused-ring (bicyclic) bond motifs is 12. The molecule has 2 aliphatic rings. The van der Waals surface area contributed by atoms with Gasteiger partial charge in [0.05, 0.1) is 27.8 Å². The molecule has 0 bridgehead atoms. The van der Waals surface area contributed by atoms with Crippen LogP contribution in [0.4, 0.5) is 0 Å². The lowest BCUT2D eigenvalue weighted by Crippen LogP contribution is -2.34. The monoisotopic (exact) mass is 857 g/mol. The second-order valence-electron chi connectivity index (χ2n) is 18.3. The van der Waals surface area contributed by atoms with Crippen molar-refractivity contribution in [2.24, 2.45) is 15.9 Å². The van der Waals surface area contributed by atoms with E-state index >= 15 is 0 Å². The summed E-state index contributed by atoms with van der Waals surface area (Å²) in [7, 11) is 0. The molecule has 1 aliphatic heterocycles. The minimum absolute atomic E-state index is 0.421. The predicted octanol–water partition coefficient (Wildman–Crippen LogP) is 15.0. The Hall–Kier alpha value is -8.54. The van der Waals surface area contributed by atoms with E-state index in [-0.39, 0.29) is 0 Å². The van der Waals surface area contributed by atoms with Gasteiger partial charge in [-0.15, -0.1) is 0 Å². The zero-order valence-corrected chi connectivity index (χ0v) is 36.9. The number of hydrogen-bond donors (Lipinski definition) is 1. The average Bonchev–Trinajstić information content (AvgIpc) is 3.90. The number of aliphatic imine (C=N–C) groups is 2. The molecule has 12 aromatic rings. The van der Waals surface area contributed by atoms with E-state index in [1.54, 1.807) is 0 Å². The fourth-order valence-corrected chi connectivity index (χ4v) is 11.2. The number of benzene rings is 10. The number of amidine groups is 2. The molecule has 0 radical (unpaired) electrons. The quantitative estimate of drug-likeness (QED) is 0.184. The second-order valence-corrected chi connectivity index (χ2v) is 18.3. The van der Waals surface area contributed by atoms with Gasteiger partial charge in [-0.05, 0) is 110 Å². The molecule has 5 nitrogen and oxygen atoms in total. The summed E-state index contributed by atoms with van der Waals surface area (Å²) >= 11 is 0. The fraction of sp³-hybridized carbons (Fsp3) is 0.0645. The summed E-state index contributed by atoms with van der Waals surface area (Å²) < 4.78 is 4.88. The molecule has 14 rings (SSSR count). The van der Waals surface area contributed by atoms with Gasteiger partial charge in [0.25, 0.3) is 0 Å². The standard InChI is InChI=1S/C62H43N5/c1-38-27-31-45-43(33-38)36-53(48-20-8-7-19-47(45)48)62-64-60(40-16-3-2-4-17-40)63-61(65-62)51-23-11-14-26-56(51)67-54-24-12-9-21-49(54)52-35-42-34-44(30-28-41(42)37-58(52)67)66-55-25-13-10-22-50(55)59-46-18-6-5-15-39(46)29-32-57(59)66/h2-32,34-38,61H,33H2,1H3,(H,63,64,65).